The van der Waals surface area contributed by atoms with Crippen LogP contribution in [0.3, 0.4) is 0 Å². The summed E-state index contributed by atoms with van der Waals surface area (Å²) in [5.74, 6) is -0.908. The molecule has 1 amide bonds. The number of aryl methyl sites for hydroxylation is 2. The molecule has 0 radical (unpaired) electrons. The van der Waals surface area contributed by atoms with E-state index in [0.717, 1.165) is 22.8 Å². The molecular weight excluding hydrogens is 381 g/mol. The average Bonchev–Trinajstić information content (AvgIpc) is 3.03. The molecule has 1 aromatic heterocycles. The van der Waals surface area contributed by atoms with Gasteiger partial charge in [-0.1, -0.05) is 47.5 Å². The number of benzene rings is 3. The lowest BCUT2D eigenvalue weighted by molar-refractivity contribution is 0.0971. The van der Waals surface area contributed by atoms with Crippen molar-refractivity contribution in [2.45, 2.75) is 19.9 Å². The summed E-state index contributed by atoms with van der Waals surface area (Å²) in [6, 6.07) is 18.3. The van der Waals surface area contributed by atoms with Crippen LogP contribution in [0, 0.1) is 19.7 Å². The van der Waals surface area contributed by atoms with Gasteiger partial charge in [-0.15, -0.1) is 0 Å². The van der Waals surface area contributed by atoms with Gasteiger partial charge in [0.05, 0.1) is 17.0 Å². The summed E-state index contributed by atoms with van der Waals surface area (Å²) in [7, 11) is 0. The van der Waals surface area contributed by atoms with Gasteiger partial charge in [-0.05, 0) is 49.7 Å². The van der Waals surface area contributed by atoms with E-state index in [0.29, 0.717) is 5.69 Å². The third-order valence-electron chi connectivity index (χ3n) is 5.54. The van der Waals surface area contributed by atoms with Crippen molar-refractivity contribution >= 4 is 22.6 Å². The van der Waals surface area contributed by atoms with Gasteiger partial charge >= 0.3 is 0 Å². The first-order chi connectivity index (χ1) is 14.4. The molecule has 0 N–H and O–H groups in total. The van der Waals surface area contributed by atoms with Gasteiger partial charge in [0.2, 0.25) is 5.76 Å². The largest absolute Gasteiger partial charge is 0.450 e. The summed E-state index contributed by atoms with van der Waals surface area (Å²) in [6.45, 7) is 3.94. The van der Waals surface area contributed by atoms with Crippen molar-refractivity contribution in [1.82, 2.24) is 0 Å². The normalized spacial score (nSPS) is 15.6. The molecule has 0 spiro atoms. The number of carbonyl (C=O) groups is 1. The van der Waals surface area contributed by atoms with Crippen LogP contribution in [-0.4, -0.2) is 5.91 Å². The first kappa shape index (κ1) is 18.3. The van der Waals surface area contributed by atoms with Gasteiger partial charge in [-0.2, -0.15) is 0 Å². The smallest absolute Gasteiger partial charge is 0.295 e. The van der Waals surface area contributed by atoms with Crippen LogP contribution in [0.2, 0.25) is 0 Å². The Morgan fingerprint density at radius 3 is 2.17 bits per heavy atom. The Labute approximate surface area is 172 Å². The molecule has 0 saturated heterocycles. The summed E-state index contributed by atoms with van der Waals surface area (Å²) in [5.41, 5.74) is 3.63. The average molecular weight is 399 g/mol. The summed E-state index contributed by atoms with van der Waals surface area (Å²) in [4.78, 5) is 28.4. The quantitative estimate of drug-likeness (QED) is 0.460. The lowest BCUT2D eigenvalue weighted by atomic mass is 9.97. The Bertz CT molecular complexity index is 1350. The van der Waals surface area contributed by atoms with Gasteiger partial charge in [0.25, 0.3) is 5.91 Å². The topological polar surface area (TPSA) is 50.5 Å². The van der Waals surface area contributed by atoms with Gasteiger partial charge in [-0.25, -0.2) is 4.39 Å². The van der Waals surface area contributed by atoms with Crippen LogP contribution in [0.1, 0.15) is 38.9 Å². The lowest BCUT2D eigenvalue weighted by Crippen LogP contribution is -2.29. The third-order valence-corrected chi connectivity index (χ3v) is 5.54. The van der Waals surface area contributed by atoms with Crippen molar-refractivity contribution in [3.8, 4) is 0 Å². The molecule has 4 aromatic rings. The number of hydrogen-bond acceptors (Lipinski definition) is 3. The zero-order valence-corrected chi connectivity index (χ0v) is 16.5. The number of halogens is 1. The zero-order valence-electron chi connectivity index (χ0n) is 16.5. The zero-order chi connectivity index (χ0) is 21.0. The molecule has 2 heterocycles. The van der Waals surface area contributed by atoms with E-state index in [1.54, 1.807) is 4.90 Å². The molecule has 0 aliphatic carbocycles. The number of fused-ring (bicyclic) bond motifs is 2. The highest BCUT2D eigenvalue weighted by Crippen LogP contribution is 2.41. The molecule has 5 heteroatoms. The second-order valence-electron chi connectivity index (χ2n) is 7.64. The molecular formula is C25H18FNO3. The molecule has 3 aromatic carbocycles. The Morgan fingerprint density at radius 2 is 1.50 bits per heavy atom. The van der Waals surface area contributed by atoms with E-state index in [9.17, 15) is 14.0 Å². The van der Waals surface area contributed by atoms with Crippen LogP contribution in [0.5, 0.6) is 0 Å². The monoisotopic (exact) mass is 399 g/mol. The fourth-order valence-electron chi connectivity index (χ4n) is 3.98. The molecule has 1 aliphatic rings. The highest BCUT2D eigenvalue weighted by Gasteiger charge is 2.43. The second-order valence-corrected chi connectivity index (χ2v) is 7.64. The van der Waals surface area contributed by atoms with Gasteiger partial charge in [0.1, 0.15) is 11.4 Å². The molecule has 148 valence electrons. The molecule has 30 heavy (non-hydrogen) atoms. The SMILES string of the molecule is Cc1ccc(C2c3c(oc4ccc(F)cc4c3=O)C(=O)N2c2ccc(C)cc2)cc1. The highest BCUT2D eigenvalue weighted by atomic mass is 19.1. The van der Waals surface area contributed by atoms with Crippen LogP contribution in [-0.2, 0) is 0 Å². The fraction of sp³-hybridized carbons (Fsp3) is 0.120. The Kier molecular flexibility index (Phi) is 4.07. The van der Waals surface area contributed by atoms with Gasteiger partial charge in [0, 0.05) is 5.69 Å². The second kappa shape index (κ2) is 6.66. The summed E-state index contributed by atoms with van der Waals surface area (Å²) in [5, 5.41) is 0.129. The van der Waals surface area contributed by atoms with E-state index >= 15 is 0 Å². The molecule has 0 saturated carbocycles. The van der Waals surface area contributed by atoms with E-state index in [1.165, 1.54) is 12.1 Å². The summed E-state index contributed by atoms with van der Waals surface area (Å²) >= 11 is 0. The van der Waals surface area contributed by atoms with Gasteiger partial charge in [0.15, 0.2) is 5.43 Å². The summed E-state index contributed by atoms with van der Waals surface area (Å²) < 4.78 is 19.7. The standard InChI is InChI=1S/C25H18FNO3/c1-14-3-7-16(8-4-14)22-21-23(28)19-13-17(26)9-12-20(19)30-24(21)25(29)27(22)18-10-5-15(2)6-11-18/h3-13,22H,1-2H3. The molecule has 5 rings (SSSR count). The van der Waals surface area contributed by atoms with E-state index in [4.69, 9.17) is 4.42 Å². The van der Waals surface area contributed by atoms with Crippen LogP contribution in [0.15, 0.2) is 75.9 Å². The maximum absolute atomic E-state index is 13.8. The summed E-state index contributed by atoms with van der Waals surface area (Å²) in [6.07, 6.45) is 0. The van der Waals surface area contributed by atoms with Crippen molar-refractivity contribution in [2.24, 2.45) is 0 Å². The molecule has 0 fully saturated rings. The number of carbonyl (C=O) groups excluding carboxylic acids is 1. The van der Waals surface area contributed by atoms with E-state index < -0.39 is 11.9 Å². The molecule has 1 unspecified atom stereocenters. The molecule has 0 bridgehead atoms. The number of nitrogens with zero attached hydrogens (tertiary/aromatic N) is 1. The van der Waals surface area contributed by atoms with Crippen LogP contribution < -0.4 is 10.3 Å². The minimum Gasteiger partial charge on any atom is -0.450 e. The third kappa shape index (κ3) is 2.74. The van der Waals surface area contributed by atoms with Crippen molar-refractivity contribution in [3.05, 3.63) is 111 Å². The van der Waals surface area contributed by atoms with Crippen molar-refractivity contribution in [2.75, 3.05) is 4.90 Å². The molecule has 1 aliphatic heterocycles. The first-order valence-electron chi connectivity index (χ1n) is 9.67. The number of anilines is 1. The van der Waals surface area contributed by atoms with E-state index in [1.807, 2.05) is 62.4 Å². The Hall–Kier alpha value is -3.73. The predicted molar refractivity (Wildman–Crippen MR) is 113 cm³/mol. The number of rotatable bonds is 2. The van der Waals surface area contributed by atoms with Crippen molar-refractivity contribution in [3.63, 3.8) is 0 Å². The van der Waals surface area contributed by atoms with Crippen molar-refractivity contribution in [1.29, 1.82) is 0 Å². The number of hydrogen-bond donors (Lipinski definition) is 0. The Morgan fingerprint density at radius 1 is 0.867 bits per heavy atom. The van der Waals surface area contributed by atoms with Crippen LogP contribution in [0.4, 0.5) is 10.1 Å². The minimum atomic E-state index is -0.653. The van der Waals surface area contributed by atoms with Gasteiger partial charge < -0.3 is 4.42 Å². The predicted octanol–water partition coefficient (Wildman–Crippen LogP) is 5.30. The highest BCUT2D eigenvalue weighted by molar-refractivity contribution is 6.10. The van der Waals surface area contributed by atoms with Crippen LogP contribution >= 0.6 is 0 Å². The Balaban J connectivity index is 1.81. The maximum Gasteiger partial charge on any atom is 0.295 e. The number of amides is 1. The van der Waals surface area contributed by atoms with E-state index in [2.05, 4.69) is 0 Å². The lowest BCUT2D eigenvalue weighted by Gasteiger charge is -2.25. The van der Waals surface area contributed by atoms with Crippen molar-refractivity contribution < 1.29 is 13.6 Å². The van der Waals surface area contributed by atoms with E-state index in [-0.39, 0.29) is 33.6 Å². The fourth-order valence-corrected chi connectivity index (χ4v) is 3.98. The first-order valence-corrected chi connectivity index (χ1v) is 9.67. The van der Waals surface area contributed by atoms with Crippen LogP contribution in [0.25, 0.3) is 11.0 Å². The minimum absolute atomic E-state index is 0.00487. The maximum atomic E-state index is 13.8. The molecule has 4 nitrogen and oxygen atoms in total. The molecule has 1 atom stereocenters. The van der Waals surface area contributed by atoms with Gasteiger partial charge in [-0.3, -0.25) is 14.5 Å².